The number of carbonyl (C=O) groups is 4. The fourth-order valence-electron chi connectivity index (χ4n) is 4.86. The number of hydrogen-bond donors (Lipinski definition) is 5. The van der Waals surface area contributed by atoms with Crippen LogP contribution in [0.4, 0.5) is 0 Å². The molecule has 3 aromatic rings. The molecule has 1 aromatic heterocycles. The van der Waals surface area contributed by atoms with E-state index in [1.165, 1.54) is 13.8 Å². The largest absolute Gasteiger partial charge is 0.437 e. The standard InChI is InChI=1S/C33H45N5O6/c1-9-24(28(40)33-38-27-19(5)12-13-20(6)29(27)44-33)36-30(41)21(7)34-32(43)26(17(2)3)37-31(42)25(35-22(8)39)16-23-14-10-18(4)11-15-23/h10-15,17,21,24-26,28,40H,9,16H2,1-8H3,(H,34,43)(H,35,39)(H,36,41)(H,37,42)/t21-,24-,25-,26-,28?/m0/s1. The number of hydrogen-bond acceptors (Lipinski definition) is 7. The molecule has 0 aliphatic rings. The van der Waals surface area contributed by atoms with Crippen LogP contribution < -0.4 is 21.3 Å². The zero-order chi connectivity index (χ0) is 32.7. The number of carbonyl (C=O) groups excluding carboxylic acids is 4. The number of nitrogens with zero attached hydrogens (tertiary/aromatic N) is 1. The molecule has 0 aliphatic heterocycles. The summed E-state index contributed by atoms with van der Waals surface area (Å²) in [6, 6.07) is 7.90. The Morgan fingerprint density at radius 2 is 1.48 bits per heavy atom. The molecule has 0 saturated carbocycles. The first-order valence-electron chi connectivity index (χ1n) is 15.0. The van der Waals surface area contributed by atoms with Crippen LogP contribution in [0.5, 0.6) is 0 Å². The van der Waals surface area contributed by atoms with Crippen LogP contribution in [0.3, 0.4) is 0 Å². The SMILES string of the molecule is CC[C@H](NC(=O)[C@H](C)NC(=O)[C@@H](NC(=O)[C@H](Cc1ccc(C)cc1)NC(C)=O)C(C)C)C(O)c1nc2c(C)ccc(C)c2o1. The molecule has 11 heteroatoms. The number of aliphatic hydroxyl groups excluding tert-OH is 1. The smallest absolute Gasteiger partial charge is 0.243 e. The number of aromatic nitrogens is 1. The predicted molar refractivity (Wildman–Crippen MR) is 168 cm³/mol. The average molecular weight is 608 g/mol. The maximum absolute atomic E-state index is 13.3. The number of fused-ring (bicyclic) bond motifs is 1. The van der Waals surface area contributed by atoms with Crippen LogP contribution in [0.1, 0.15) is 75.3 Å². The van der Waals surface area contributed by atoms with E-state index in [-0.39, 0.29) is 24.1 Å². The van der Waals surface area contributed by atoms with E-state index in [1.807, 2.05) is 64.1 Å². The summed E-state index contributed by atoms with van der Waals surface area (Å²) in [5.74, 6) is -2.16. The van der Waals surface area contributed by atoms with E-state index < -0.39 is 48.0 Å². The first kappa shape index (κ1) is 34.2. The molecular weight excluding hydrogens is 562 g/mol. The van der Waals surface area contributed by atoms with Gasteiger partial charge >= 0.3 is 0 Å². The Hall–Kier alpha value is -4.25. The summed E-state index contributed by atoms with van der Waals surface area (Å²) in [6.07, 6.45) is -0.586. The highest BCUT2D eigenvalue weighted by molar-refractivity contribution is 5.94. The third-order valence-corrected chi connectivity index (χ3v) is 7.61. The van der Waals surface area contributed by atoms with E-state index in [1.54, 1.807) is 13.8 Å². The Kier molecular flexibility index (Phi) is 11.6. The topological polar surface area (TPSA) is 163 Å². The molecule has 0 spiro atoms. The molecule has 1 heterocycles. The van der Waals surface area contributed by atoms with Gasteiger partial charge in [0.1, 0.15) is 23.6 Å². The van der Waals surface area contributed by atoms with E-state index in [9.17, 15) is 24.3 Å². The minimum absolute atomic E-state index is 0.100. The molecule has 5 atom stereocenters. The molecule has 1 unspecified atom stereocenters. The van der Waals surface area contributed by atoms with Crippen LogP contribution in [-0.4, -0.2) is 57.9 Å². The van der Waals surface area contributed by atoms with Crippen LogP contribution >= 0.6 is 0 Å². The van der Waals surface area contributed by atoms with Gasteiger partial charge in [0.05, 0.1) is 6.04 Å². The highest BCUT2D eigenvalue weighted by atomic mass is 16.4. The minimum atomic E-state index is -1.21. The average Bonchev–Trinajstić information content (AvgIpc) is 3.43. The molecule has 0 radical (unpaired) electrons. The summed E-state index contributed by atoms with van der Waals surface area (Å²) < 4.78 is 5.86. The molecule has 3 rings (SSSR count). The number of amides is 4. The number of oxazole rings is 1. The van der Waals surface area contributed by atoms with Gasteiger partial charge < -0.3 is 30.8 Å². The summed E-state index contributed by atoms with van der Waals surface area (Å²) in [7, 11) is 0. The number of aryl methyl sites for hydroxylation is 3. The minimum Gasteiger partial charge on any atom is -0.437 e. The second-order valence-electron chi connectivity index (χ2n) is 11.8. The monoisotopic (exact) mass is 607 g/mol. The Balaban J connectivity index is 1.66. The molecule has 0 saturated heterocycles. The van der Waals surface area contributed by atoms with E-state index in [4.69, 9.17) is 4.42 Å². The van der Waals surface area contributed by atoms with Crippen molar-refractivity contribution in [1.82, 2.24) is 26.3 Å². The second-order valence-corrected chi connectivity index (χ2v) is 11.8. The number of nitrogens with one attached hydrogen (secondary N) is 4. The highest BCUT2D eigenvalue weighted by Gasteiger charge is 2.32. The molecule has 238 valence electrons. The molecule has 4 amide bonds. The third-order valence-electron chi connectivity index (χ3n) is 7.61. The molecule has 2 aromatic carbocycles. The molecule has 0 bridgehead atoms. The summed E-state index contributed by atoms with van der Waals surface area (Å²) >= 11 is 0. The second kappa shape index (κ2) is 15.0. The fourth-order valence-corrected chi connectivity index (χ4v) is 4.86. The zero-order valence-corrected chi connectivity index (χ0v) is 26.8. The van der Waals surface area contributed by atoms with Crippen LogP contribution in [0.2, 0.25) is 0 Å². The van der Waals surface area contributed by atoms with Gasteiger partial charge in [-0.05, 0) is 56.7 Å². The van der Waals surface area contributed by atoms with Crippen LogP contribution in [0.25, 0.3) is 11.1 Å². The summed E-state index contributed by atoms with van der Waals surface area (Å²) in [6.45, 7) is 14.0. The van der Waals surface area contributed by atoms with Gasteiger partial charge in [-0.25, -0.2) is 4.98 Å². The van der Waals surface area contributed by atoms with Gasteiger partial charge in [-0.1, -0.05) is 62.7 Å². The van der Waals surface area contributed by atoms with E-state index in [2.05, 4.69) is 26.3 Å². The third kappa shape index (κ3) is 8.66. The normalized spacial score (nSPS) is 14.8. The molecule has 0 fully saturated rings. The first-order chi connectivity index (χ1) is 20.7. The highest BCUT2D eigenvalue weighted by Crippen LogP contribution is 2.27. The van der Waals surface area contributed by atoms with Crippen molar-refractivity contribution in [2.75, 3.05) is 0 Å². The number of aliphatic hydroxyl groups is 1. The van der Waals surface area contributed by atoms with Crippen molar-refractivity contribution < 1.29 is 28.7 Å². The van der Waals surface area contributed by atoms with E-state index in [0.29, 0.717) is 17.5 Å². The van der Waals surface area contributed by atoms with Crippen molar-refractivity contribution in [1.29, 1.82) is 0 Å². The van der Waals surface area contributed by atoms with Crippen molar-refractivity contribution in [2.24, 2.45) is 5.92 Å². The summed E-state index contributed by atoms with van der Waals surface area (Å²) in [4.78, 5) is 56.0. The molecule has 44 heavy (non-hydrogen) atoms. The Morgan fingerprint density at radius 1 is 0.841 bits per heavy atom. The molecule has 11 nitrogen and oxygen atoms in total. The lowest BCUT2D eigenvalue weighted by molar-refractivity contribution is -0.134. The first-order valence-corrected chi connectivity index (χ1v) is 15.0. The van der Waals surface area contributed by atoms with Crippen molar-refractivity contribution in [2.45, 2.75) is 98.5 Å². The lowest BCUT2D eigenvalue weighted by Crippen LogP contribution is -2.58. The van der Waals surface area contributed by atoms with Gasteiger partial charge in [-0.15, -0.1) is 0 Å². The maximum atomic E-state index is 13.3. The summed E-state index contributed by atoms with van der Waals surface area (Å²) in [5, 5.41) is 21.9. The predicted octanol–water partition coefficient (Wildman–Crippen LogP) is 3.07. The van der Waals surface area contributed by atoms with Crippen molar-refractivity contribution in [3.63, 3.8) is 0 Å². The fraction of sp³-hybridized carbons (Fsp3) is 0.485. The number of rotatable bonds is 13. The van der Waals surface area contributed by atoms with E-state index >= 15 is 0 Å². The lowest BCUT2D eigenvalue weighted by atomic mass is 10.00. The van der Waals surface area contributed by atoms with Gasteiger partial charge in [-0.3, -0.25) is 19.2 Å². The van der Waals surface area contributed by atoms with Gasteiger partial charge in [0.15, 0.2) is 11.7 Å². The van der Waals surface area contributed by atoms with Gasteiger partial charge in [0, 0.05) is 13.3 Å². The zero-order valence-electron chi connectivity index (χ0n) is 26.8. The number of benzene rings is 2. The maximum Gasteiger partial charge on any atom is 0.243 e. The van der Waals surface area contributed by atoms with Crippen molar-refractivity contribution in [3.8, 4) is 0 Å². The van der Waals surface area contributed by atoms with Crippen molar-refractivity contribution in [3.05, 3.63) is 64.5 Å². The van der Waals surface area contributed by atoms with E-state index in [0.717, 1.165) is 22.3 Å². The Morgan fingerprint density at radius 3 is 2.05 bits per heavy atom. The van der Waals surface area contributed by atoms with Crippen LogP contribution in [0, 0.1) is 26.7 Å². The van der Waals surface area contributed by atoms with Crippen LogP contribution in [-0.2, 0) is 25.6 Å². The summed E-state index contributed by atoms with van der Waals surface area (Å²) in [5.41, 5.74) is 4.96. The Labute approximate surface area is 258 Å². The van der Waals surface area contributed by atoms with Gasteiger partial charge in [0.25, 0.3) is 0 Å². The van der Waals surface area contributed by atoms with Gasteiger partial charge in [-0.2, -0.15) is 0 Å². The quantitative estimate of drug-likeness (QED) is 0.199. The Bertz CT molecular complexity index is 1440. The van der Waals surface area contributed by atoms with Crippen molar-refractivity contribution >= 4 is 34.7 Å². The molecular formula is C33H45N5O6. The molecule has 0 aliphatic carbocycles. The van der Waals surface area contributed by atoms with Crippen LogP contribution in [0.15, 0.2) is 40.8 Å². The molecule has 5 N–H and O–H groups in total. The lowest BCUT2D eigenvalue weighted by Gasteiger charge is -2.27. The van der Waals surface area contributed by atoms with Gasteiger partial charge in [0.2, 0.25) is 29.5 Å².